The van der Waals surface area contributed by atoms with E-state index in [-0.39, 0.29) is 42.6 Å². The van der Waals surface area contributed by atoms with E-state index in [9.17, 15) is 26.4 Å². The van der Waals surface area contributed by atoms with Crippen molar-refractivity contribution in [1.29, 1.82) is 0 Å². The fraction of sp³-hybridized carbons (Fsp3) is 0.444. The van der Waals surface area contributed by atoms with Crippen LogP contribution in [0.25, 0.3) is 11.2 Å². The molecule has 1 saturated carbocycles. The molecule has 0 N–H and O–H groups in total. The number of hydrogen-bond acceptors (Lipinski definition) is 6. The van der Waals surface area contributed by atoms with Gasteiger partial charge in [0.2, 0.25) is 0 Å². The summed E-state index contributed by atoms with van der Waals surface area (Å²) in [7, 11) is -1.24. The maximum Gasteiger partial charge on any atom is 0.418 e. The number of nitrogens with zero attached hydrogens (tertiary/aromatic N) is 6. The van der Waals surface area contributed by atoms with Gasteiger partial charge in [0.25, 0.3) is 0 Å². The molecule has 0 amide bonds. The molecular formula is C27H29F3N6O3S. The van der Waals surface area contributed by atoms with Crippen molar-refractivity contribution in [2.75, 3.05) is 24.6 Å². The summed E-state index contributed by atoms with van der Waals surface area (Å²) in [4.78, 5) is 15.3. The first kappa shape index (κ1) is 26.8. The number of rotatable bonds is 6. The van der Waals surface area contributed by atoms with Crippen LogP contribution >= 0.6 is 0 Å². The molecule has 1 aliphatic heterocycles. The Kier molecular flexibility index (Phi) is 6.61. The molecule has 1 aliphatic carbocycles. The SMILES string of the molecule is Cn1cnnc1[C@@H](c1cccc(-n2cc3c(C(F)(F)F)cc(CN4CCS(=O)(=O)CC4)cn3c2=O)c1)C1CCC1. The minimum Gasteiger partial charge on any atom is -0.320 e. The molecule has 1 saturated heterocycles. The highest BCUT2D eigenvalue weighted by molar-refractivity contribution is 7.91. The molecule has 4 heterocycles. The second-order valence-electron chi connectivity index (χ2n) is 10.8. The van der Waals surface area contributed by atoms with Gasteiger partial charge in [0, 0.05) is 45.0 Å². The molecular weight excluding hydrogens is 545 g/mol. The third-order valence-corrected chi connectivity index (χ3v) is 9.73. The largest absolute Gasteiger partial charge is 0.418 e. The van der Waals surface area contributed by atoms with E-state index in [0.29, 0.717) is 17.2 Å². The fourth-order valence-electron chi connectivity index (χ4n) is 5.76. The Morgan fingerprint density at radius 1 is 1.10 bits per heavy atom. The molecule has 0 radical (unpaired) electrons. The molecule has 6 rings (SSSR count). The predicted octanol–water partition coefficient (Wildman–Crippen LogP) is 3.40. The summed E-state index contributed by atoms with van der Waals surface area (Å²) in [6.45, 7) is 0.582. The van der Waals surface area contributed by atoms with E-state index < -0.39 is 27.3 Å². The Labute approximate surface area is 228 Å². The van der Waals surface area contributed by atoms with Gasteiger partial charge in [0.15, 0.2) is 9.84 Å². The third-order valence-electron chi connectivity index (χ3n) is 8.13. The number of fused-ring (bicyclic) bond motifs is 1. The maximum absolute atomic E-state index is 14.2. The lowest BCUT2D eigenvalue weighted by Crippen LogP contribution is -2.39. The number of aryl methyl sites for hydroxylation is 1. The number of hydrogen-bond donors (Lipinski definition) is 0. The van der Waals surface area contributed by atoms with Gasteiger partial charge in [-0.3, -0.25) is 13.9 Å². The zero-order chi connectivity index (χ0) is 28.2. The van der Waals surface area contributed by atoms with Crippen LogP contribution in [0.2, 0.25) is 0 Å². The zero-order valence-electron chi connectivity index (χ0n) is 21.9. The summed E-state index contributed by atoms with van der Waals surface area (Å²) in [5, 5.41) is 8.37. The van der Waals surface area contributed by atoms with Crippen LogP contribution in [0.4, 0.5) is 13.2 Å². The van der Waals surface area contributed by atoms with E-state index in [4.69, 9.17) is 0 Å². The van der Waals surface area contributed by atoms with Crippen LogP contribution in [0.3, 0.4) is 0 Å². The Bertz CT molecular complexity index is 1720. The molecule has 0 unspecified atom stereocenters. The Balaban J connectivity index is 1.41. The molecule has 2 fully saturated rings. The molecule has 212 valence electrons. The van der Waals surface area contributed by atoms with E-state index >= 15 is 0 Å². The number of alkyl halides is 3. The lowest BCUT2D eigenvalue weighted by Gasteiger charge is -2.33. The maximum atomic E-state index is 14.2. The van der Waals surface area contributed by atoms with Crippen molar-refractivity contribution in [3.05, 3.63) is 82.1 Å². The minimum atomic E-state index is -4.69. The van der Waals surface area contributed by atoms with Gasteiger partial charge in [0.05, 0.1) is 28.3 Å². The molecule has 1 atom stereocenters. The molecule has 0 bridgehead atoms. The van der Waals surface area contributed by atoms with Crippen LogP contribution in [-0.4, -0.2) is 61.6 Å². The normalized spacial score (nSPS) is 19.1. The number of imidazole rings is 1. The first-order chi connectivity index (χ1) is 19.0. The average Bonchev–Trinajstić information content (AvgIpc) is 3.44. The van der Waals surface area contributed by atoms with Crippen molar-refractivity contribution < 1.29 is 21.6 Å². The van der Waals surface area contributed by atoms with Gasteiger partial charge < -0.3 is 4.57 Å². The van der Waals surface area contributed by atoms with Gasteiger partial charge in [-0.25, -0.2) is 13.2 Å². The monoisotopic (exact) mass is 574 g/mol. The number of halogens is 3. The van der Waals surface area contributed by atoms with E-state index in [0.717, 1.165) is 41.1 Å². The first-order valence-electron chi connectivity index (χ1n) is 13.2. The van der Waals surface area contributed by atoms with Gasteiger partial charge in [-0.05, 0) is 48.1 Å². The van der Waals surface area contributed by atoms with Crippen molar-refractivity contribution in [1.82, 2.24) is 28.6 Å². The van der Waals surface area contributed by atoms with Crippen LogP contribution in [0.5, 0.6) is 0 Å². The van der Waals surface area contributed by atoms with Crippen molar-refractivity contribution in [3.63, 3.8) is 0 Å². The summed E-state index contributed by atoms with van der Waals surface area (Å²) >= 11 is 0. The molecule has 0 spiro atoms. The van der Waals surface area contributed by atoms with E-state index in [2.05, 4.69) is 10.2 Å². The molecule has 9 nitrogen and oxygen atoms in total. The third kappa shape index (κ3) is 4.96. The molecule has 13 heteroatoms. The van der Waals surface area contributed by atoms with Crippen LogP contribution in [-0.2, 0) is 29.6 Å². The Morgan fingerprint density at radius 3 is 2.48 bits per heavy atom. The summed E-state index contributed by atoms with van der Waals surface area (Å²) < 4.78 is 70.3. The van der Waals surface area contributed by atoms with Crippen LogP contribution in [0.15, 0.2) is 53.8 Å². The Morgan fingerprint density at radius 2 is 1.85 bits per heavy atom. The number of benzene rings is 1. The average molecular weight is 575 g/mol. The van der Waals surface area contributed by atoms with Crippen LogP contribution in [0.1, 0.15) is 47.7 Å². The summed E-state index contributed by atoms with van der Waals surface area (Å²) in [5.74, 6) is 1.06. The fourth-order valence-corrected chi connectivity index (χ4v) is 7.03. The smallest absolute Gasteiger partial charge is 0.320 e. The van der Waals surface area contributed by atoms with Gasteiger partial charge in [-0.2, -0.15) is 13.2 Å². The van der Waals surface area contributed by atoms with Crippen LogP contribution < -0.4 is 5.69 Å². The number of aromatic nitrogens is 5. The van der Waals surface area contributed by atoms with E-state index in [1.54, 1.807) is 17.3 Å². The lowest BCUT2D eigenvalue weighted by molar-refractivity contribution is -0.136. The standard InChI is InChI=1S/C27H29F3N6O3S/c1-33-17-31-32-25(33)24(19-4-2-5-19)20-6-3-7-21(13-20)35-16-23-22(27(28,29)30)12-18(15-36(23)26(35)37)14-34-8-10-40(38,39)11-9-34/h3,6-7,12-13,15-17,19,24H,2,4-5,8-11,14H2,1H3/t24-/m1/s1. The predicted molar refractivity (Wildman–Crippen MR) is 142 cm³/mol. The van der Waals surface area contributed by atoms with Crippen molar-refractivity contribution in [2.45, 2.75) is 37.9 Å². The lowest BCUT2D eigenvalue weighted by atomic mass is 9.72. The van der Waals surface area contributed by atoms with Crippen molar-refractivity contribution >= 4 is 15.4 Å². The second kappa shape index (κ2) is 9.88. The van der Waals surface area contributed by atoms with Crippen molar-refractivity contribution in [3.8, 4) is 5.69 Å². The quantitative estimate of drug-likeness (QED) is 0.351. The summed E-state index contributed by atoms with van der Waals surface area (Å²) in [6, 6.07) is 8.38. The number of pyridine rings is 1. The van der Waals surface area contributed by atoms with Gasteiger partial charge in [-0.1, -0.05) is 18.6 Å². The van der Waals surface area contributed by atoms with Gasteiger partial charge in [-0.15, -0.1) is 10.2 Å². The zero-order valence-corrected chi connectivity index (χ0v) is 22.7. The minimum absolute atomic E-state index is 0.0375. The van der Waals surface area contributed by atoms with Crippen LogP contribution in [0, 0.1) is 5.92 Å². The highest BCUT2D eigenvalue weighted by Gasteiger charge is 2.36. The number of sulfone groups is 1. The molecule has 3 aromatic heterocycles. The molecule has 4 aromatic rings. The second-order valence-corrected chi connectivity index (χ2v) is 13.1. The summed E-state index contributed by atoms with van der Waals surface area (Å²) in [6.07, 6.45) is 2.83. The van der Waals surface area contributed by atoms with E-state index in [1.165, 1.54) is 17.0 Å². The Hall–Kier alpha value is -3.45. The van der Waals surface area contributed by atoms with Gasteiger partial charge in [0.1, 0.15) is 12.2 Å². The summed E-state index contributed by atoms with van der Waals surface area (Å²) in [5.41, 5.74) is -0.0738. The molecule has 1 aromatic carbocycles. The highest BCUT2D eigenvalue weighted by atomic mass is 32.2. The van der Waals surface area contributed by atoms with Gasteiger partial charge >= 0.3 is 11.9 Å². The van der Waals surface area contributed by atoms with Crippen molar-refractivity contribution in [2.24, 2.45) is 13.0 Å². The first-order valence-corrected chi connectivity index (χ1v) is 15.0. The highest BCUT2D eigenvalue weighted by Crippen LogP contribution is 2.43. The molecule has 40 heavy (non-hydrogen) atoms. The molecule has 2 aliphatic rings. The van der Waals surface area contributed by atoms with E-state index in [1.807, 2.05) is 29.8 Å². The topological polar surface area (TPSA) is 94.5 Å².